The van der Waals surface area contributed by atoms with Crippen LogP contribution in [0, 0.1) is 0 Å². The molecule has 0 amide bonds. The monoisotopic (exact) mass is 353 g/mol. The highest BCUT2D eigenvalue weighted by Crippen LogP contribution is 2.29. The van der Waals surface area contributed by atoms with Crippen LogP contribution in [0.5, 0.6) is 0 Å². The number of likely N-dealkylation sites (tertiary alicyclic amines) is 1. The Labute approximate surface area is 135 Å². The third kappa shape index (κ3) is 3.48. The van der Waals surface area contributed by atoms with Gasteiger partial charge in [-0.1, -0.05) is 6.92 Å². The summed E-state index contributed by atoms with van der Waals surface area (Å²) in [7, 11) is 0. The van der Waals surface area contributed by atoms with Gasteiger partial charge in [-0.05, 0) is 54.7 Å². The summed E-state index contributed by atoms with van der Waals surface area (Å²) in [6.45, 7) is 7.78. The second-order valence-electron chi connectivity index (χ2n) is 5.92. The number of halogens is 1. The smallest absolute Gasteiger partial charge is 0.224 e. The molecule has 1 unspecified atom stereocenters. The van der Waals surface area contributed by atoms with Crippen molar-refractivity contribution in [3.05, 3.63) is 10.7 Å². The Kier molecular flexibility index (Phi) is 4.95. The molecule has 2 aliphatic heterocycles. The van der Waals surface area contributed by atoms with Gasteiger partial charge in [-0.15, -0.1) is 0 Å². The predicted octanol–water partition coefficient (Wildman–Crippen LogP) is 2.74. The molecule has 1 atom stereocenters. The quantitative estimate of drug-likeness (QED) is 0.881. The highest BCUT2D eigenvalue weighted by atomic mass is 79.9. The van der Waals surface area contributed by atoms with E-state index in [1.54, 1.807) is 0 Å². The molecule has 116 valence electrons. The van der Waals surface area contributed by atoms with Crippen LogP contribution in [0.4, 0.5) is 11.8 Å². The Morgan fingerprint density at radius 2 is 2.14 bits per heavy atom. The minimum absolute atomic E-state index is 0.696. The molecule has 21 heavy (non-hydrogen) atoms. The maximum atomic E-state index is 4.69. The summed E-state index contributed by atoms with van der Waals surface area (Å²) in [5, 5.41) is 3.27. The molecule has 0 saturated carbocycles. The van der Waals surface area contributed by atoms with E-state index in [-0.39, 0.29) is 0 Å². The van der Waals surface area contributed by atoms with E-state index >= 15 is 0 Å². The van der Waals surface area contributed by atoms with Gasteiger partial charge < -0.3 is 10.2 Å². The van der Waals surface area contributed by atoms with E-state index in [2.05, 4.69) is 43.0 Å². The molecule has 0 aromatic carbocycles. The molecule has 0 aliphatic carbocycles. The van der Waals surface area contributed by atoms with Crippen molar-refractivity contribution in [3.8, 4) is 0 Å². The summed E-state index contributed by atoms with van der Waals surface area (Å²) < 4.78 is 0.992. The number of nitrogens with zero attached hydrogens (tertiary/aromatic N) is 4. The van der Waals surface area contributed by atoms with Gasteiger partial charge in [0.15, 0.2) is 0 Å². The zero-order chi connectivity index (χ0) is 14.7. The van der Waals surface area contributed by atoms with Crippen molar-refractivity contribution in [2.75, 3.05) is 42.9 Å². The largest absolute Gasteiger partial charge is 0.354 e. The zero-order valence-corrected chi connectivity index (χ0v) is 14.3. The Bertz CT molecular complexity index is 475. The van der Waals surface area contributed by atoms with Crippen LogP contribution in [-0.4, -0.2) is 53.6 Å². The molecule has 3 heterocycles. The average molecular weight is 354 g/mol. The Hall–Kier alpha value is -0.880. The lowest BCUT2D eigenvalue weighted by atomic mass is 10.2. The molecule has 2 aliphatic rings. The Morgan fingerprint density at radius 3 is 2.90 bits per heavy atom. The van der Waals surface area contributed by atoms with Crippen LogP contribution >= 0.6 is 15.9 Å². The average Bonchev–Trinajstić information content (AvgIpc) is 3.17. The number of anilines is 2. The Balaban J connectivity index is 1.68. The van der Waals surface area contributed by atoms with Crippen molar-refractivity contribution >= 4 is 27.7 Å². The normalized spacial score (nSPS) is 23.0. The summed E-state index contributed by atoms with van der Waals surface area (Å²) in [6.07, 6.45) is 6.91. The molecule has 3 rings (SSSR count). The fourth-order valence-electron chi connectivity index (χ4n) is 3.24. The van der Waals surface area contributed by atoms with Crippen LogP contribution in [0.1, 0.15) is 32.6 Å². The van der Waals surface area contributed by atoms with Crippen LogP contribution in [-0.2, 0) is 0 Å². The molecular formula is C15H24BrN5. The minimum Gasteiger partial charge on any atom is -0.354 e. The highest BCUT2D eigenvalue weighted by molar-refractivity contribution is 9.10. The van der Waals surface area contributed by atoms with Crippen LogP contribution in [0.15, 0.2) is 10.7 Å². The van der Waals surface area contributed by atoms with Gasteiger partial charge in [0.2, 0.25) is 5.95 Å². The van der Waals surface area contributed by atoms with Crippen LogP contribution in [0.3, 0.4) is 0 Å². The number of rotatable bonds is 5. The molecule has 2 saturated heterocycles. The number of aromatic nitrogens is 2. The van der Waals surface area contributed by atoms with E-state index in [4.69, 9.17) is 4.98 Å². The molecule has 1 N–H and O–H groups in total. The van der Waals surface area contributed by atoms with Crippen LogP contribution < -0.4 is 10.2 Å². The summed E-state index contributed by atoms with van der Waals surface area (Å²) in [6, 6.07) is 0.696. The van der Waals surface area contributed by atoms with Gasteiger partial charge in [0, 0.05) is 31.9 Å². The first-order chi connectivity index (χ1) is 10.3. The number of nitrogens with one attached hydrogen (secondary N) is 1. The van der Waals surface area contributed by atoms with Crippen molar-refractivity contribution < 1.29 is 0 Å². The van der Waals surface area contributed by atoms with E-state index in [9.17, 15) is 0 Å². The van der Waals surface area contributed by atoms with Gasteiger partial charge >= 0.3 is 0 Å². The first-order valence-electron chi connectivity index (χ1n) is 8.03. The van der Waals surface area contributed by atoms with Gasteiger partial charge in [0.25, 0.3) is 0 Å². The van der Waals surface area contributed by atoms with Crippen molar-refractivity contribution in [1.29, 1.82) is 0 Å². The molecular weight excluding hydrogens is 330 g/mol. The minimum atomic E-state index is 0.696. The maximum absolute atomic E-state index is 4.69. The molecule has 0 radical (unpaired) electrons. The van der Waals surface area contributed by atoms with Crippen molar-refractivity contribution in [1.82, 2.24) is 14.9 Å². The van der Waals surface area contributed by atoms with E-state index in [0.29, 0.717) is 6.04 Å². The van der Waals surface area contributed by atoms with Crippen molar-refractivity contribution in [2.24, 2.45) is 0 Å². The summed E-state index contributed by atoms with van der Waals surface area (Å²) in [4.78, 5) is 14.1. The lowest BCUT2D eigenvalue weighted by Gasteiger charge is -2.24. The maximum Gasteiger partial charge on any atom is 0.224 e. The van der Waals surface area contributed by atoms with Crippen molar-refractivity contribution in [2.45, 2.75) is 38.6 Å². The van der Waals surface area contributed by atoms with Gasteiger partial charge in [-0.25, -0.2) is 4.98 Å². The first-order valence-corrected chi connectivity index (χ1v) is 8.82. The van der Waals surface area contributed by atoms with Gasteiger partial charge in [-0.2, -0.15) is 4.98 Å². The number of hydrogen-bond acceptors (Lipinski definition) is 5. The lowest BCUT2D eigenvalue weighted by molar-refractivity contribution is 0.260. The predicted molar refractivity (Wildman–Crippen MR) is 89.9 cm³/mol. The second kappa shape index (κ2) is 6.92. The Morgan fingerprint density at radius 1 is 1.33 bits per heavy atom. The number of hydrogen-bond donors (Lipinski definition) is 1. The second-order valence-corrected chi connectivity index (χ2v) is 6.78. The molecule has 6 heteroatoms. The summed E-state index contributed by atoms with van der Waals surface area (Å²) in [5.74, 6) is 1.77. The standard InChI is InChI=1S/C15H24BrN5/c1-2-6-17-15-18-10-13(16)14(19-15)21-9-5-12(11-21)20-7-3-4-8-20/h10,12H,2-9,11H2,1H3,(H,17,18,19). The third-order valence-corrected chi connectivity index (χ3v) is 4.94. The fraction of sp³-hybridized carbons (Fsp3) is 0.733. The molecule has 0 bridgehead atoms. The molecule has 1 aromatic heterocycles. The molecule has 0 spiro atoms. The third-order valence-electron chi connectivity index (χ3n) is 4.38. The van der Waals surface area contributed by atoms with E-state index in [1.165, 1.54) is 32.4 Å². The van der Waals surface area contributed by atoms with Gasteiger partial charge in [0.05, 0.1) is 4.47 Å². The fourth-order valence-corrected chi connectivity index (χ4v) is 3.68. The first kappa shape index (κ1) is 15.0. The van der Waals surface area contributed by atoms with E-state index in [0.717, 1.165) is 42.3 Å². The van der Waals surface area contributed by atoms with E-state index < -0.39 is 0 Å². The van der Waals surface area contributed by atoms with Crippen LogP contribution in [0.25, 0.3) is 0 Å². The molecule has 1 aromatic rings. The van der Waals surface area contributed by atoms with Crippen molar-refractivity contribution in [3.63, 3.8) is 0 Å². The summed E-state index contributed by atoms with van der Waals surface area (Å²) >= 11 is 3.60. The SMILES string of the molecule is CCCNc1ncc(Br)c(N2CCC(N3CCCC3)C2)n1. The topological polar surface area (TPSA) is 44.3 Å². The summed E-state index contributed by atoms with van der Waals surface area (Å²) in [5.41, 5.74) is 0. The van der Waals surface area contributed by atoms with Gasteiger partial charge in [0.1, 0.15) is 5.82 Å². The van der Waals surface area contributed by atoms with E-state index in [1.807, 2.05) is 6.20 Å². The lowest BCUT2D eigenvalue weighted by Crippen LogP contribution is -2.35. The molecule has 2 fully saturated rings. The molecule has 5 nitrogen and oxygen atoms in total. The van der Waals surface area contributed by atoms with Crippen LogP contribution in [0.2, 0.25) is 0 Å². The zero-order valence-electron chi connectivity index (χ0n) is 12.7. The highest BCUT2D eigenvalue weighted by Gasteiger charge is 2.30. The van der Waals surface area contributed by atoms with Gasteiger partial charge in [-0.3, -0.25) is 4.90 Å².